The predicted octanol–water partition coefficient (Wildman–Crippen LogP) is 1.47. The second-order valence-electron chi connectivity index (χ2n) is 3.10. The summed E-state index contributed by atoms with van der Waals surface area (Å²) in [6, 6.07) is 0. The Morgan fingerprint density at radius 2 is 2.00 bits per heavy atom. The molecule has 0 heterocycles. The minimum Gasteiger partial charge on any atom is -0.346 e. The first kappa shape index (κ1) is 12.0. The fraction of sp³-hybridized carbons (Fsp3) is 1.00. The third kappa shape index (κ3) is 4.55. The Labute approximate surface area is 79.8 Å². The molecule has 0 unspecified atom stereocenters. The molecule has 0 fully saturated rings. The first-order valence-electron chi connectivity index (χ1n) is 4.48. The third-order valence-corrected chi connectivity index (χ3v) is 1.50. The highest BCUT2D eigenvalue weighted by Crippen LogP contribution is 2.00. The molecule has 5 nitrogen and oxygen atoms in total. The van der Waals surface area contributed by atoms with E-state index in [9.17, 15) is 0 Å². The summed E-state index contributed by atoms with van der Waals surface area (Å²) < 4.78 is 0. The van der Waals surface area contributed by atoms with Crippen LogP contribution in [0.5, 0.6) is 0 Å². The monoisotopic (exact) mass is 190 g/mol. The van der Waals surface area contributed by atoms with E-state index in [0.29, 0.717) is 5.92 Å². The van der Waals surface area contributed by atoms with E-state index in [0.717, 1.165) is 13.1 Å². The number of rotatable bonds is 6. The van der Waals surface area contributed by atoms with Crippen molar-refractivity contribution in [1.29, 1.82) is 0 Å². The molecule has 78 valence electrons. The average Bonchev–Trinajstić information content (AvgIpc) is 2.10. The summed E-state index contributed by atoms with van der Waals surface area (Å²) >= 11 is 0. The van der Waals surface area contributed by atoms with E-state index < -0.39 is 0 Å². The van der Waals surface area contributed by atoms with Crippen molar-refractivity contribution in [3.63, 3.8) is 0 Å². The van der Waals surface area contributed by atoms with E-state index >= 15 is 0 Å². The molecule has 13 heavy (non-hydrogen) atoms. The largest absolute Gasteiger partial charge is 0.346 e. The molecule has 0 amide bonds. The Morgan fingerprint density at radius 1 is 1.38 bits per heavy atom. The summed E-state index contributed by atoms with van der Waals surface area (Å²) in [5, 5.41) is 5.66. The van der Waals surface area contributed by atoms with Gasteiger partial charge in [-0.2, -0.15) is 0 Å². The van der Waals surface area contributed by atoms with E-state index in [1.54, 1.807) is 7.11 Å². The smallest absolute Gasteiger partial charge is 0.274 e. The van der Waals surface area contributed by atoms with Gasteiger partial charge in [0.15, 0.2) is 7.11 Å². The zero-order valence-corrected chi connectivity index (χ0v) is 9.15. The first-order chi connectivity index (χ1) is 6.15. The topological polar surface area (TPSA) is 37.1 Å². The second-order valence-corrected chi connectivity index (χ2v) is 3.10. The van der Waals surface area contributed by atoms with Crippen LogP contribution in [-0.4, -0.2) is 37.3 Å². The quantitative estimate of drug-likeness (QED) is 0.361. The lowest BCUT2D eigenvalue weighted by atomic mass is 10.2. The lowest BCUT2D eigenvalue weighted by Crippen LogP contribution is -2.36. The molecule has 0 spiro atoms. The molecular weight excluding hydrogens is 170 g/mol. The maximum atomic E-state index is 5.01. The maximum absolute atomic E-state index is 5.01. The van der Waals surface area contributed by atoms with E-state index in [1.807, 2.05) is 11.9 Å². The number of hydrogen-bond donors (Lipinski definition) is 0. The molecule has 0 radical (unpaired) electrons. The normalized spacial score (nSPS) is 11.7. The molecule has 0 rings (SSSR count). The van der Waals surface area contributed by atoms with Gasteiger partial charge in [0, 0.05) is 0 Å². The molecule has 0 aliphatic heterocycles. The van der Waals surface area contributed by atoms with E-state index in [1.165, 1.54) is 12.1 Å². The first-order valence-corrected chi connectivity index (χ1v) is 4.48. The highest BCUT2D eigenvalue weighted by molar-refractivity contribution is 4.45. The second kappa shape index (κ2) is 6.51. The van der Waals surface area contributed by atoms with Gasteiger partial charge < -0.3 is 4.84 Å². The third-order valence-electron chi connectivity index (χ3n) is 1.50. The Hall–Kier alpha value is -1.00. The van der Waals surface area contributed by atoms with Crippen LogP contribution in [0, 0.1) is 5.92 Å². The van der Waals surface area contributed by atoms with Crippen molar-refractivity contribution in [2.75, 3.05) is 27.3 Å². The van der Waals surface area contributed by atoms with Crippen LogP contribution < -0.4 is 0 Å². The molecule has 0 atom stereocenters. The van der Waals surface area contributed by atoms with Crippen LogP contribution in [0.25, 0.3) is 0 Å². The molecule has 5 heteroatoms. The zero-order chi connectivity index (χ0) is 10.3. The van der Waals surface area contributed by atoms with Gasteiger partial charge in [0.25, 0.3) is 10.2 Å². The van der Waals surface area contributed by atoms with Crippen molar-refractivity contribution >= 4 is 0 Å². The molecular formula is C8H20N3O2+. The summed E-state index contributed by atoms with van der Waals surface area (Å²) in [5.74, 6) is 0.560. The highest BCUT2D eigenvalue weighted by Gasteiger charge is 2.19. The van der Waals surface area contributed by atoms with Crippen LogP contribution in [0.3, 0.4) is 0 Å². The van der Waals surface area contributed by atoms with Gasteiger partial charge in [0.2, 0.25) is 0 Å². The predicted molar refractivity (Wildman–Crippen MR) is 48.8 cm³/mol. The van der Waals surface area contributed by atoms with Gasteiger partial charge in [-0.15, -0.1) is 5.01 Å². The van der Waals surface area contributed by atoms with Gasteiger partial charge in [0.1, 0.15) is 7.11 Å². The number of nitrogens with zero attached hydrogens (tertiary/aromatic N) is 3. The molecule has 0 aliphatic carbocycles. The molecule has 0 aromatic carbocycles. The molecule has 0 aliphatic rings. The number of hydrogen-bond acceptors (Lipinski definition) is 3. The van der Waals surface area contributed by atoms with Crippen LogP contribution in [0.2, 0.25) is 0 Å². The molecule has 0 saturated heterocycles. The van der Waals surface area contributed by atoms with Gasteiger partial charge in [-0.3, -0.25) is 0 Å². The zero-order valence-electron chi connectivity index (χ0n) is 9.15. The summed E-state index contributed by atoms with van der Waals surface area (Å²) in [5.41, 5.74) is 0. The minimum atomic E-state index is 0.560. The van der Waals surface area contributed by atoms with Crippen LogP contribution in [0.15, 0.2) is 5.28 Å². The van der Waals surface area contributed by atoms with Crippen LogP contribution in [0.4, 0.5) is 0 Å². The Kier molecular flexibility index (Phi) is 6.01. The van der Waals surface area contributed by atoms with Crippen LogP contribution in [-0.2, 0) is 9.68 Å². The van der Waals surface area contributed by atoms with Crippen molar-refractivity contribution in [2.24, 2.45) is 11.2 Å². The lowest BCUT2D eigenvalue weighted by molar-refractivity contribution is -0.943. The van der Waals surface area contributed by atoms with E-state index in [2.05, 4.69) is 24.0 Å². The SMILES string of the molecule is CCN(CC(C)C)/[N+](=N/OC)OC. The Balaban J connectivity index is 4.25. The van der Waals surface area contributed by atoms with Crippen molar-refractivity contribution in [1.82, 2.24) is 5.01 Å². The molecule has 0 bridgehead atoms. The van der Waals surface area contributed by atoms with Crippen LogP contribution in [0.1, 0.15) is 20.8 Å². The standard InChI is InChI=1S/C8H20N3O2/c1-6-10(7-8(2)3)11(13-5)9-12-4/h8H,6-7H2,1-5H3/q+1/b11-9-. The molecule has 0 N–H and O–H groups in total. The molecule has 0 aromatic rings. The lowest BCUT2D eigenvalue weighted by Gasteiger charge is -2.13. The van der Waals surface area contributed by atoms with Crippen LogP contribution >= 0.6 is 0 Å². The van der Waals surface area contributed by atoms with E-state index in [-0.39, 0.29) is 0 Å². The fourth-order valence-corrected chi connectivity index (χ4v) is 1.01. The molecule has 0 saturated carbocycles. The van der Waals surface area contributed by atoms with Crippen molar-refractivity contribution in [3.05, 3.63) is 0 Å². The van der Waals surface area contributed by atoms with Crippen molar-refractivity contribution < 1.29 is 14.6 Å². The summed E-state index contributed by atoms with van der Waals surface area (Å²) in [6.45, 7) is 8.04. The van der Waals surface area contributed by atoms with Gasteiger partial charge >= 0.3 is 0 Å². The van der Waals surface area contributed by atoms with Gasteiger partial charge in [-0.05, 0) is 12.8 Å². The minimum absolute atomic E-state index is 0.560. The van der Waals surface area contributed by atoms with Crippen molar-refractivity contribution in [3.8, 4) is 0 Å². The fourth-order valence-electron chi connectivity index (χ4n) is 1.01. The summed E-state index contributed by atoms with van der Waals surface area (Å²) in [7, 11) is 3.06. The summed E-state index contributed by atoms with van der Waals surface area (Å²) in [4.78, 5) is 11.0. The van der Waals surface area contributed by atoms with Gasteiger partial charge in [0.05, 0.1) is 13.1 Å². The average molecular weight is 190 g/mol. The molecule has 0 aromatic heterocycles. The highest BCUT2D eigenvalue weighted by atomic mass is 16.8. The summed E-state index contributed by atoms with van der Waals surface area (Å²) in [6.07, 6.45) is 0. The van der Waals surface area contributed by atoms with Gasteiger partial charge in [-0.25, -0.2) is 4.84 Å². The Bertz CT molecular complexity index is 159. The number of hydrazine groups is 1. The Morgan fingerprint density at radius 3 is 2.31 bits per heavy atom. The van der Waals surface area contributed by atoms with Gasteiger partial charge in [-0.1, -0.05) is 13.8 Å². The van der Waals surface area contributed by atoms with Crippen molar-refractivity contribution in [2.45, 2.75) is 20.8 Å². The van der Waals surface area contributed by atoms with E-state index in [4.69, 9.17) is 4.84 Å². The maximum Gasteiger partial charge on any atom is 0.274 e.